The minimum atomic E-state index is -0.171. The van der Waals surface area contributed by atoms with Gasteiger partial charge in [0, 0.05) is 17.6 Å². The maximum atomic E-state index is 12.0. The molecule has 0 atom stereocenters. The molecule has 2 N–H and O–H groups in total. The number of amides is 1. The number of benzene rings is 1. The van der Waals surface area contributed by atoms with Gasteiger partial charge in [-0.15, -0.1) is 0 Å². The fourth-order valence-corrected chi connectivity index (χ4v) is 1.90. The second-order valence-electron chi connectivity index (χ2n) is 3.82. The quantitative estimate of drug-likeness (QED) is 0.894. The van der Waals surface area contributed by atoms with Crippen LogP contribution in [-0.2, 0) is 0 Å². The van der Waals surface area contributed by atoms with Gasteiger partial charge in [0.05, 0.1) is 17.7 Å². The Morgan fingerprint density at radius 3 is 2.72 bits per heavy atom. The summed E-state index contributed by atoms with van der Waals surface area (Å²) >= 11 is 5.99. The molecular weight excluding hydrogens is 252 g/mol. The molecule has 1 amide bonds. The first-order valence-electron chi connectivity index (χ1n) is 5.40. The van der Waals surface area contributed by atoms with E-state index < -0.39 is 0 Å². The van der Waals surface area contributed by atoms with E-state index in [1.165, 1.54) is 0 Å². The van der Waals surface area contributed by atoms with E-state index in [2.05, 4.69) is 10.3 Å². The van der Waals surface area contributed by atoms with Gasteiger partial charge in [-0.05, 0) is 31.2 Å². The number of carbonyl (C=O) groups is 1. The van der Waals surface area contributed by atoms with Crippen LogP contribution in [0, 0.1) is 6.92 Å². The topological polar surface area (TPSA) is 54.1 Å². The van der Waals surface area contributed by atoms with Gasteiger partial charge in [0.15, 0.2) is 0 Å². The summed E-state index contributed by atoms with van der Waals surface area (Å²) in [5, 5.41) is 3.24. The third-order valence-corrected chi connectivity index (χ3v) is 2.90. The number of anilines is 1. The maximum absolute atomic E-state index is 12.0. The van der Waals surface area contributed by atoms with Crippen LogP contribution < -0.4 is 10.1 Å². The highest BCUT2D eigenvalue weighted by Gasteiger charge is 2.10. The number of halogens is 1. The van der Waals surface area contributed by atoms with E-state index in [1.807, 2.05) is 6.92 Å². The number of H-pyrrole nitrogens is 1. The van der Waals surface area contributed by atoms with Gasteiger partial charge in [0.2, 0.25) is 0 Å². The molecule has 94 valence electrons. The van der Waals surface area contributed by atoms with Crippen LogP contribution in [0.25, 0.3) is 0 Å². The molecule has 0 spiro atoms. The Morgan fingerprint density at radius 1 is 1.39 bits per heavy atom. The Hall–Kier alpha value is -1.94. The number of hydrogen-bond acceptors (Lipinski definition) is 2. The van der Waals surface area contributed by atoms with E-state index in [0.717, 1.165) is 5.69 Å². The van der Waals surface area contributed by atoms with Crippen molar-refractivity contribution in [3.8, 4) is 5.75 Å². The van der Waals surface area contributed by atoms with E-state index in [0.29, 0.717) is 22.0 Å². The van der Waals surface area contributed by atoms with Crippen molar-refractivity contribution in [2.24, 2.45) is 0 Å². The van der Waals surface area contributed by atoms with E-state index in [-0.39, 0.29) is 5.91 Å². The molecule has 0 unspecified atom stereocenters. The first-order valence-corrected chi connectivity index (χ1v) is 5.78. The summed E-state index contributed by atoms with van der Waals surface area (Å²) in [6, 6.07) is 6.84. The fraction of sp³-hybridized carbons (Fsp3) is 0.154. The van der Waals surface area contributed by atoms with Crippen LogP contribution in [0.2, 0.25) is 5.02 Å². The lowest BCUT2D eigenvalue weighted by molar-refractivity contribution is 0.102. The summed E-state index contributed by atoms with van der Waals surface area (Å²) in [6.45, 7) is 1.84. The standard InChI is InChI=1S/C13H13ClN2O2/c1-8-10(5-6-15-8)13(17)16-9-3-4-12(18-2)11(14)7-9/h3-7,15H,1-2H3,(H,16,17). The molecule has 0 saturated carbocycles. The lowest BCUT2D eigenvalue weighted by Gasteiger charge is -2.07. The first kappa shape index (κ1) is 12.5. The molecule has 0 saturated heterocycles. The third kappa shape index (κ3) is 2.49. The van der Waals surface area contributed by atoms with Crippen molar-refractivity contribution < 1.29 is 9.53 Å². The summed E-state index contributed by atoms with van der Waals surface area (Å²) < 4.78 is 5.05. The minimum absolute atomic E-state index is 0.171. The van der Waals surface area contributed by atoms with Crippen LogP contribution in [0.15, 0.2) is 30.5 Å². The van der Waals surface area contributed by atoms with Crippen molar-refractivity contribution in [2.75, 3.05) is 12.4 Å². The molecule has 1 heterocycles. The second kappa shape index (κ2) is 5.14. The van der Waals surface area contributed by atoms with E-state index in [1.54, 1.807) is 37.6 Å². The van der Waals surface area contributed by atoms with Crippen LogP contribution in [0.4, 0.5) is 5.69 Å². The predicted octanol–water partition coefficient (Wildman–Crippen LogP) is 3.24. The van der Waals surface area contributed by atoms with Crippen LogP contribution >= 0.6 is 11.6 Å². The van der Waals surface area contributed by atoms with Gasteiger partial charge in [-0.1, -0.05) is 11.6 Å². The molecular formula is C13H13ClN2O2. The molecule has 0 fully saturated rings. The fourth-order valence-electron chi connectivity index (χ4n) is 1.64. The second-order valence-corrected chi connectivity index (χ2v) is 4.23. The molecule has 0 radical (unpaired) electrons. The van der Waals surface area contributed by atoms with Gasteiger partial charge >= 0.3 is 0 Å². The molecule has 1 aromatic carbocycles. The number of rotatable bonds is 3. The van der Waals surface area contributed by atoms with Crippen molar-refractivity contribution >= 4 is 23.2 Å². The van der Waals surface area contributed by atoms with Crippen molar-refractivity contribution in [1.29, 1.82) is 0 Å². The van der Waals surface area contributed by atoms with Crippen molar-refractivity contribution in [3.05, 3.63) is 46.7 Å². The zero-order chi connectivity index (χ0) is 13.1. The summed E-state index contributed by atoms with van der Waals surface area (Å²) in [6.07, 6.45) is 1.73. The normalized spacial score (nSPS) is 10.2. The highest BCUT2D eigenvalue weighted by molar-refractivity contribution is 6.32. The summed E-state index contributed by atoms with van der Waals surface area (Å²) in [5.74, 6) is 0.405. The Balaban J connectivity index is 2.17. The van der Waals surface area contributed by atoms with Gasteiger partial charge in [0.1, 0.15) is 5.75 Å². The molecule has 0 bridgehead atoms. The Kier molecular flexibility index (Phi) is 3.58. The number of aryl methyl sites for hydroxylation is 1. The molecule has 0 aliphatic rings. The number of carbonyl (C=O) groups excluding carboxylic acids is 1. The van der Waals surface area contributed by atoms with Crippen LogP contribution in [0.5, 0.6) is 5.75 Å². The van der Waals surface area contributed by atoms with Crippen molar-refractivity contribution in [1.82, 2.24) is 4.98 Å². The van der Waals surface area contributed by atoms with Crippen LogP contribution in [-0.4, -0.2) is 18.0 Å². The summed E-state index contributed by atoms with van der Waals surface area (Å²) in [5.41, 5.74) is 2.07. The third-order valence-electron chi connectivity index (χ3n) is 2.61. The molecule has 4 nitrogen and oxygen atoms in total. The number of aromatic amines is 1. The van der Waals surface area contributed by atoms with E-state index in [9.17, 15) is 4.79 Å². The largest absolute Gasteiger partial charge is 0.495 e. The monoisotopic (exact) mass is 264 g/mol. The lowest BCUT2D eigenvalue weighted by atomic mass is 10.2. The average molecular weight is 265 g/mol. The first-order chi connectivity index (χ1) is 8.61. The van der Waals surface area contributed by atoms with Gasteiger partial charge in [-0.25, -0.2) is 0 Å². The molecule has 2 rings (SSSR count). The van der Waals surface area contributed by atoms with Crippen LogP contribution in [0.1, 0.15) is 16.1 Å². The lowest BCUT2D eigenvalue weighted by Crippen LogP contribution is -2.12. The van der Waals surface area contributed by atoms with Crippen molar-refractivity contribution in [2.45, 2.75) is 6.92 Å². The number of aromatic nitrogens is 1. The van der Waals surface area contributed by atoms with Crippen LogP contribution in [0.3, 0.4) is 0 Å². The number of hydrogen-bond donors (Lipinski definition) is 2. The smallest absolute Gasteiger partial charge is 0.257 e. The van der Waals surface area contributed by atoms with Gasteiger partial charge in [-0.2, -0.15) is 0 Å². The molecule has 0 aliphatic carbocycles. The summed E-state index contributed by atoms with van der Waals surface area (Å²) in [4.78, 5) is 14.9. The van der Waals surface area contributed by atoms with Gasteiger partial charge in [0.25, 0.3) is 5.91 Å². The Morgan fingerprint density at radius 2 is 2.17 bits per heavy atom. The zero-order valence-corrected chi connectivity index (χ0v) is 10.8. The number of ether oxygens (including phenoxy) is 1. The Bertz CT molecular complexity index is 578. The molecule has 2 aromatic rings. The SMILES string of the molecule is COc1ccc(NC(=O)c2cc[nH]c2C)cc1Cl. The van der Waals surface area contributed by atoms with Gasteiger partial charge < -0.3 is 15.0 Å². The minimum Gasteiger partial charge on any atom is -0.495 e. The molecule has 5 heteroatoms. The molecule has 1 aromatic heterocycles. The zero-order valence-electron chi connectivity index (χ0n) is 10.1. The number of methoxy groups -OCH3 is 1. The highest BCUT2D eigenvalue weighted by Crippen LogP contribution is 2.27. The molecule has 18 heavy (non-hydrogen) atoms. The molecule has 0 aliphatic heterocycles. The average Bonchev–Trinajstić information content (AvgIpc) is 2.76. The number of nitrogens with one attached hydrogen (secondary N) is 2. The van der Waals surface area contributed by atoms with Gasteiger partial charge in [-0.3, -0.25) is 4.79 Å². The Labute approximate surface area is 110 Å². The van der Waals surface area contributed by atoms with E-state index >= 15 is 0 Å². The highest BCUT2D eigenvalue weighted by atomic mass is 35.5. The van der Waals surface area contributed by atoms with E-state index in [4.69, 9.17) is 16.3 Å². The van der Waals surface area contributed by atoms with Crippen molar-refractivity contribution in [3.63, 3.8) is 0 Å². The summed E-state index contributed by atoms with van der Waals surface area (Å²) in [7, 11) is 1.54. The maximum Gasteiger partial charge on any atom is 0.257 e. The predicted molar refractivity (Wildman–Crippen MR) is 71.5 cm³/mol.